The molecule has 0 atom stereocenters. The molecule has 2 rings (SSSR count). The molecular weight excluding hydrogens is 540 g/mol. The Bertz CT molecular complexity index is 1290. The number of rotatable bonds is 6. The van der Waals surface area contributed by atoms with Crippen molar-refractivity contribution in [2.24, 2.45) is 0 Å². The highest BCUT2D eigenvalue weighted by atomic mass is 35.5. The molecule has 0 aromatic heterocycles. The van der Waals surface area contributed by atoms with Crippen LogP contribution < -0.4 is 9.80 Å². The summed E-state index contributed by atoms with van der Waals surface area (Å²) in [4.78, 5) is 50.7. The lowest BCUT2D eigenvalue weighted by Crippen LogP contribution is -2.45. The summed E-state index contributed by atoms with van der Waals surface area (Å²) in [7, 11) is 0. The van der Waals surface area contributed by atoms with Gasteiger partial charge in [0.25, 0.3) is 11.6 Å². The van der Waals surface area contributed by atoms with E-state index in [1.165, 1.54) is 47.6 Å². The van der Waals surface area contributed by atoms with Crippen molar-refractivity contribution in [2.45, 2.75) is 52.7 Å². The van der Waals surface area contributed by atoms with Gasteiger partial charge in [-0.15, -0.1) is 6.58 Å². The highest BCUT2D eigenvalue weighted by Crippen LogP contribution is 2.35. The van der Waals surface area contributed by atoms with Gasteiger partial charge >= 0.3 is 12.2 Å². The second kappa shape index (κ2) is 11.8. The van der Waals surface area contributed by atoms with Crippen LogP contribution in [0.3, 0.4) is 0 Å². The van der Waals surface area contributed by atoms with Gasteiger partial charge in [-0.1, -0.05) is 17.7 Å². The maximum atomic E-state index is 16.1. The minimum absolute atomic E-state index is 0.0571. The highest BCUT2D eigenvalue weighted by Gasteiger charge is 2.38. The summed E-state index contributed by atoms with van der Waals surface area (Å²) in [5.41, 5.74) is -4.88. The molecule has 10 nitrogen and oxygen atoms in total. The summed E-state index contributed by atoms with van der Waals surface area (Å²) in [6.07, 6.45) is -1.66. The number of anilines is 2. The van der Waals surface area contributed by atoms with Crippen LogP contribution >= 0.6 is 11.6 Å². The number of non-ortho nitro benzene ring substituents is 1. The zero-order chi connectivity index (χ0) is 29.9. The van der Waals surface area contributed by atoms with Crippen molar-refractivity contribution >= 4 is 46.8 Å². The number of nitro benzene ring substituents is 1. The fraction of sp³-hybridized carbons (Fsp3) is 0.346. The van der Waals surface area contributed by atoms with E-state index in [4.69, 9.17) is 21.1 Å². The molecule has 0 radical (unpaired) electrons. The van der Waals surface area contributed by atoms with Crippen molar-refractivity contribution in [1.82, 2.24) is 0 Å². The van der Waals surface area contributed by atoms with Crippen LogP contribution in [-0.4, -0.2) is 40.8 Å². The van der Waals surface area contributed by atoms with Crippen molar-refractivity contribution in [3.05, 3.63) is 75.3 Å². The first kappa shape index (κ1) is 31.2. The van der Waals surface area contributed by atoms with Crippen molar-refractivity contribution in [3.8, 4) is 0 Å². The van der Waals surface area contributed by atoms with Crippen molar-refractivity contribution in [1.29, 1.82) is 0 Å². The smallest absolute Gasteiger partial charge is 0.424 e. The number of ether oxygens (including phenoxy) is 2. The third-order valence-electron chi connectivity index (χ3n) is 4.66. The van der Waals surface area contributed by atoms with Gasteiger partial charge in [0.15, 0.2) is 11.6 Å². The topological polar surface area (TPSA) is 119 Å². The Morgan fingerprint density at radius 1 is 1.03 bits per heavy atom. The average Bonchev–Trinajstić information content (AvgIpc) is 2.77. The lowest BCUT2D eigenvalue weighted by molar-refractivity contribution is -0.384. The number of amides is 3. The summed E-state index contributed by atoms with van der Waals surface area (Å²) >= 11 is 6.10. The molecule has 0 heterocycles. The zero-order valence-corrected chi connectivity index (χ0v) is 23.0. The summed E-state index contributed by atoms with van der Waals surface area (Å²) < 4.78 is 41.6. The Hall–Kier alpha value is -4.06. The Balaban J connectivity index is 2.75. The van der Waals surface area contributed by atoms with Gasteiger partial charge in [0.2, 0.25) is 0 Å². The highest BCUT2D eigenvalue weighted by molar-refractivity contribution is 6.34. The van der Waals surface area contributed by atoms with E-state index in [1.807, 2.05) is 0 Å². The SMILES string of the molecule is C=CCN(C(=O)c1cc([N+](=O)[O-])ccc1Cl)c1ccc(F)c(N(C(=O)OC(C)(C)C)C(=O)OC(C)(C)C)c1F. The van der Waals surface area contributed by atoms with E-state index in [0.717, 1.165) is 35.2 Å². The van der Waals surface area contributed by atoms with E-state index in [0.29, 0.717) is 0 Å². The molecule has 0 saturated heterocycles. The lowest BCUT2D eigenvalue weighted by atomic mass is 10.1. The Kier molecular flexibility index (Phi) is 9.40. The van der Waals surface area contributed by atoms with Crippen LogP contribution in [0.1, 0.15) is 51.9 Å². The van der Waals surface area contributed by atoms with E-state index >= 15 is 8.78 Å². The van der Waals surface area contributed by atoms with Crippen LogP contribution in [0.2, 0.25) is 5.02 Å². The molecule has 0 N–H and O–H groups in total. The van der Waals surface area contributed by atoms with Gasteiger partial charge in [0, 0.05) is 18.7 Å². The van der Waals surface area contributed by atoms with E-state index in [-0.39, 0.29) is 22.0 Å². The molecule has 0 aliphatic carbocycles. The molecule has 0 spiro atoms. The number of carbonyl (C=O) groups excluding carboxylic acids is 3. The molecule has 0 bridgehead atoms. The van der Waals surface area contributed by atoms with E-state index < -0.39 is 62.9 Å². The number of carbonyl (C=O) groups is 3. The lowest BCUT2D eigenvalue weighted by Gasteiger charge is -2.30. The largest absolute Gasteiger partial charge is 0.443 e. The number of nitro groups is 1. The van der Waals surface area contributed by atoms with Crippen molar-refractivity contribution in [3.63, 3.8) is 0 Å². The van der Waals surface area contributed by atoms with Gasteiger partial charge in [-0.2, -0.15) is 4.90 Å². The quantitative estimate of drug-likeness (QED) is 0.209. The fourth-order valence-electron chi connectivity index (χ4n) is 3.17. The molecule has 0 saturated carbocycles. The second-order valence-electron chi connectivity index (χ2n) is 10.2. The summed E-state index contributed by atoms with van der Waals surface area (Å²) in [5.74, 6) is -3.84. The van der Waals surface area contributed by atoms with Crippen LogP contribution in [-0.2, 0) is 9.47 Å². The van der Waals surface area contributed by atoms with Gasteiger partial charge in [0.05, 0.1) is 21.2 Å². The van der Waals surface area contributed by atoms with Gasteiger partial charge in [-0.3, -0.25) is 14.9 Å². The van der Waals surface area contributed by atoms with Crippen LogP contribution in [0.4, 0.5) is 35.4 Å². The predicted octanol–water partition coefficient (Wildman–Crippen LogP) is 7.04. The third kappa shape index (κ3) is 7.73. The normalized spacial score (nSPS) is 11.4. The number of hydrogen-bond donors (Lipinski definition) is 0. The second-order valence-corrected chi connectivity index (χ2v) is 10.6. The van der Waals surface area contributed by atoms with E-state index in [1.54, 1.807) is 0 Å². The molecule has 3 amide bonds. The first-order chi connectivity index (χ1) is 17.9. The van der Waals surface area contributed by atoms with Crippen LogP contribution in [0.5, 0.6) is 0 Å². The predicted molar refractivity (Wildman–Crippen MR) is 141 cm³/mol. The summed E-state index contributed by atoms with van der Waals surface area (Å²) in [5, 5.41) is 11.0. The molecule has 13 heteroatoms. The molecule has 210 valence electrons. The average molecular weight is 568 g/mol. The number of hydrogen-bond acceptors (Lipinski definition) is 7. The van der Waals surface area contributed by atoms with Gasteiger partial charge in [-0.25, -0.2) is 18.4 Å². The standard InChI is InChI=1S/C26H28ClF2N3O7/c1-8-13-30(22(33)16-14-15(32(36)37)9-10-17(16)27)19-12-11-18(28)21(20(19)29)31(23(34)38-25(2,3)4)24(35)39-26(5,6)7/h8-12,14H,1,13H2,2-7H3. The first-order valence-electron chi connectivity index (χ1n) is 11.5. The Morgan fingerprint density at radius 3 is 2.03 bits per heavy atom. The molecule has 0 aliphatic rings. The number of benzene rings is 2. The minimum atomic E-state index is -1.50. The monoisotopic (exact) mass is 567 g/mol. The van der Waals surface area contributed by atoms with E-state index in [2.05, 4.69) is 6.58 Å². The van der Waals surface area contributed by atoms with Gasteiger partial charge < -0.3 is 14.4 Å². The molecule has 0 aliphatic heterocycles. The van der Waals surface area contributed by atoms with Crippen LogP contribution in [0, 0.1) is 21.7 Å². The Labute approximate surface area is 228 Å². The maximum absolute atomic E-state index is 16.1. The first-order valence-corrected chi connectivity index (χ1v) is 11.9. The molecule has 2 aromatic rings. The fourth-order valence-corrected chi connectivity index (χ4v) is 3.37. The Morgan fingerprint density at radius 2 is 1.56 bits per heavy atom. The van der Waals surface area contributed by atoms with E-state index in [9.17, 15) is 24.5 Å². The number of halogens is 3. The number of nitrogens with zero attached hydrogens (tertiary/aromatic N) is 3. The minimum Gasteiger partial charge on any atom is -0.443 e. The molecule has 0 unspecified atom stereocenters. The zero-order valence-electron chi connectivity index (χ0n) is 22.2. The number of imide groups is 1. The third-order valence-corrected chi connectivity index (χ3v) is 4.99. The van der Waals surface area contributed by atoms with Gasteiger partial charge in [0.1, 0.15) is 16.9 Å². The summed E-state index contributed by atoms with van der Waals surface area (Å²) in [6.45, 7) is 12.0. The summed E-state index contributed by atoms with van der Waals surface area (Å²) in [6, 6.07) is 4.72. The van der Waals surface area contributed by atoms with Crippen molar-refractivity contribution in [2.75, 3.05) is 16.3 Å². The molecule has 39 heavy (non-hydrogen) atoms. The molecule has 0 fully saturated rings. The van der Waals surface area contributed by atoms with Crippen molar-refractivity contribution < 1.29 is 37.6 Å². The van der Waals surface area contributed by atoms with Crippen LogP contribution in [0.25, 0.3) is 0 Å². The maximum Gasteiger partial charge on any atom is 0.424 e. The molecular formula is C26H28ClF2N3O7. The molecule has 2 aromatic carbocycles. The van der Waals surface area contributed by atoms with Gasteiger partial charge in [-0.05, 0) is 59.7 Å². The van der Waals surface area contributed by atoms with Crippen LogP contribution in [0.15, 0.2) is 43.0 Å².